The minimum Gasteiger partial charge on any atom is -0.323 e. The molecule has 3 heteroatoms. The first kappa shape index (κ1) is 10.7. The second-order valence-corrected chi connectivity index (χ2v) is 6.28. The lowest BCUT2D eigenvalue weighted by atomic mass is 9.98. The van der Waals surface area contributed by atoms with Gasteiger partial charge < -0.3 is 5.73 Å². The van der Waals surface area contributed by atoms with Crippen molar-refractivity contribution < 1.29 is 0 Å². The number of hydrogen-bond donors (Lipinski definition) is 1. The normalized spacial score (nSPS) is 20.2. The zero-order chi connectivity index (χ0) is 10.1. The number of rotatable bonds is 2. The Hall–Kier alpha value is 0.140. The van der Waals surface area contributed by atoms with Crippen LogP contribution in [-0.4, -0.2) is 0 Å². The van der Waals surface area contributed by atoms with E-state index in [0.717, 1.165) is 0 Å². The van der Waals surface area contributed by atoms with Gasteiger partial charge in [0, 0.05) is 20.3 Å². The first-order valence-corrected chi connectivity index (χ1v) is 6.81. The zero-order valence-electron chi connectivity index (χ0n) is 8.42. The molecule has 0 saturated heterocycles. The van der Waals surface area contributed by atoms with Crippen LogP contribution >= 0.6 is 27.3 Å². The summed E-state index contributed by atoms with van der Waals surface area (Å²) in [4.78, 5) is 2.69. The maximum Gasteiger partial charge on any atom is 0.0429 e. The molecule has 1 saturated carbocycles. The van der Waals surface area contributed by atoms with Crippen LogP contribution < -0.4 is 5.73 Å². The standard InChI is InChI=1S/C11H16BrNS/c1-7-6-9(12)11(14-7)10(13)8-4-2-3-5-8/h6,8,10H,2-5,13H2,1H3. The van der Waals surface area contributed by atoms with Crippen LogP contribution in [-0.2, 0) is 0 Å². The fourth-order valence-corrected chi connectivity index (χ4v) is 4.27. The lowest BCUT2D eigenvalue weighted by Gasteiger charge is -2.17. The highest BCUT2D eigenvalue weighted by Crippen LogP contribution is 2.40. The van der Waals surface area contributed by atoms with E-state index in [2.05, 4.69) is 28.9 Å². The van der Waals surface area contributed by atoms with Crippen molar-refractivity contribution in [2.24, 2.45) is 11.7 Å². The highest BCUT2D eigenvalue weighted by Gasteiger charge is 2.25. The molecule has 0 bridgehead atoms. The van der Waals surface area contributed by atoms with E-state index in [9.17, 15) is 0 Å². The topological polar surface area (TPSA) is 26.0 Å². The van der Waals surface area contributed by atoms with Crippen molar-refractivity contribution >= 4 is 27.3 Å². The molecule has 1 unspecified atom stereocenters. The molecule has 0 aromatic carbocycles. The molecule has 1 aliphatic carbocycles. The summed E-state index contributed by atoms with van der Waals surface area (Å²) in [5, 5.41) is 0. The Morgan fingerprint density at radius 2 is 2.14 bits per heavy atom. The summed E-state index contributed by atoms with van der Waals surface area (Å²) in [5.41, 5.74) is 6.29. The molecule has 0 amide bonds. The second kappa shape index (κ2) is 4.33. The summed E-state index contributed by atoms with van der Waals surface area (Å²) in [5.74, 6) is 0.712. The maximum absolute atomic E-state index is 6.29. The molecule has 2 rings (SSSR count). The van der Waals surface area contributed by atoms with Crippen LogP contribution in [0.15, 0.2) is 10.5 Å². The van der Waals surface area contributed by atoms with Gasteiger partial charge in [-0.15, -0.1) is 11.3 Å². The summed E-state index contributed by atoms with van der Waals surface area (Å²) in [6, 6.07) is 2.43. The van der Waals surface area contributed by atoms with Crippen LogP contribution in [0.2, 0.25) is 0 Å². The van der Waals surface area contributed by atoms with Crippen LogP contribution in [0.3, 0.4) is 0 Å². The Labute approximate surface area is 97.8 Å². The van der Waals surface area contributed by atoms with Gasteiger partial charge in [0.15, 0.2) is 0 Å². The van der Waals surface area contributed by atoms with Crippen molar-refractivity contribution in [3.05, 3.63) is 20.3 Å². The van der Waals surface area contributed by atoms with E-state index >= 15 is 0 Å². The number of halogens is 1. The summed E-state index contributed by atoms with van der Waals surface area (Å²) in [7, 11) is 0. The minimum absolute atomic E-state index is 0.255. The summed E-state index contributed by atoms with van der Waals surface area (Å²) in [6.45, 7) is 2.14. The summed E-state index contributed by atoms with van der Waals surface area (Å²) in [6.07, 6.45) is 5.34. The van der Waals surface area contributed by atoms with Crippen LogP contribution in [0.25, 0.3) is 0 Å². The highest BCUT2D eigenvalue weighted by molar-refractivity contribution is 9.10. The fourth-order valence-electron chi connectivity index (χ4n) is 2.26. The van der Waals surface area contributed by atoms with E-state index < -0.39 is 0 Å². The maximum atomic E-state index is 6.29. The lowest BCUT2D eigenvalue weighted by molar-refractivity contribution is 0.449. The van der Waals surface area contributed by atoms with Crippen molar-refractivity contribution in [1.82, 2.24) is 0 Å². The van der Waals surface area contributed by atoms with Gasteiger partial charge in [-0.1, -0.05) is 12.8 Å². The lowest BCUT2D eigenvalue weighted by Crippen LogP contribution is -2.18. The van der Waals surface area contributed by atoms with Crippen molar-refractivity contribution in [3.8, 4) is 0 Å². The van der Waals surface area contributed by atoms with Crippen molar-refractivity contribution in [2.75, 3.05) is 0 Å². The van der Waals surface area contributed by atoms with Crippen molar-refractivity contribution in [1.29, 1.82) is 0 Å². The smallest absolute Gasteiger partial charge is 0.0429 e. The first-order valence-electron chi connectivity index (χ1n) is 5.20. The Balaban J connectivity index is 2.17. The second-order valence-electron chi connectivity index (χ2n) is 4.14. The third kappa shape index (κ3) is 2.05. The highest BCUT2D eigenvalue weighted by atomic mass is 79.9. The molecule has 1 heterocycles. The van der Waals surface area contributed by atoms with Gasteiger partial charge in [-0.3, -0.25) is 0 Å². The van der Waals surface area contributed by atoms with Gasteiger partial charge in [-0.05, 0) is 47.7 Å². The van der Waals surface area contributed by atoms with Gasteiger partial charge in [0.1, 0.15) is 0 Å². The average Bonchev–Trinajstić information content (AvgIpc) is 2.73. The van der Waals surface area contributed by atoms with Gasteiger partial charge in [-0.2, -0.15) is 0 Å². The predicted molar refractivity (Wildman–Crippen MR) is 65.6 cm³/mol. The minimum atomic E-state index is 0.255. The molecule has 0 radical (unpaired) electrons. The van der Waals surface area contributed by atoms with Gasteiger partial charge in [0.2, 0.25) is 0 Å². The van der Waals surface area contributed by atoms with E-state index in [1.54, 1.807) is 0 Å². The van der Waals surface area contributed by atoms with E-state index in [0.29, 0.717) is 5.92 Å². The number of nitrogens with two attached hydrogens (primary N) is 1. The Morgan fingerprint density at radius 1 is 1.50 bits per heavy atom. The van der Waals surface area contributed by atoms with E-state index in [1.165, 1.54) is 39.9 Å². The predicted octanol–water partition coefficient (Wildman–Crippen LogP) is 4.01. The molecule has 0 aliphatic heterocycles. The van der Waals surface area contributed by atoms with E-state index in [1.807, 2.05) is 11.3 Å². The molecule has 1 aromatic heterocycles. The van der Waals surface area contributed by atoms with Gasteiger partial charge in [0.25, 0.3) is 0 Å². The molecular weight excluding hydrogens is 258 g/mol. The fraction of sp³-hybridized carbons (Fsp3) is 0.636. The number of aryl methyl sites for hydroxylation is 1. The third-order valence-electron chi connectivity index (χ3n) is 3.05. The zero-order valence-corrected chi connectivity index (χ0v) is 10.8. The molecular formula is C11H16BrNS. The molecule has 1 atom stereocenters. The first-order chi connectivity index (χ1) is 6.68. The quantitative estimate of drug-likeness (QED) is 0.866. The van der Waals surface area contributed by atoms with Gasteiger partial charge >= 0.3 is 0 Å². The summed E-state index contributed by atoms with van der Waals surface area (Å²) < 4.78 is 1.21. The van der Waals surface area contributed by atoms with Gasteiger partial charge in [-0.25, -0.2) is 0 Å². The molecule has 14 heavy (non-hydrogen) atoms. The van der Waals surface area contributed by atoms with Crippen LogP contribution in [0.1, 0.15) is 41.5 Å². The molecule has 1 fully saturated rings. The number of hydrogen-bond acceptors (Lipinski definition) is 2. The Morgan fingerprint density at radius 3 is 2.64 bits per heavy atom. The summed E-state index contributed by atoms with van der Waals surface area (Å²) >= 11 is 5.43. The Bertz CT molecular complexity index is 315. The molecule has 2 N–H and O–H groups in total. The van der Waals surface area contributed by atoms with Crippen LogP contribution in [0.4, 0.5) is 0 Å². The third-order valence-corrected chi connectivity index (χ3v) is 5.12. The van der Waals surface area contributed by atoms with Crippen LogP contribution in [0, 0.1) is 12.8 Å². The molecule has 78 valence electrons. The molecule has 1 nitrogen and oxygen atoms in total. The van der Waals surface area contributed by atoms with Gasteiger partial charge in [0.05, 0.1) is 0 Å². The monoisotopic (exact) mass is 273 g/mol. The Kier molecular flexibility index (Phi) is 3.30. The number of thiophene rings is 1. The molecule has 1 aliphatic rings. The largest absolute Gasteiger partial charge is 0.323 e. The van der Waals surface area contributed by atoms with Crippen molar-refractivity contribution in [3.63, 3.8) is 0 Å². The average molecular weight is 274 g/mol. The molecule has 0 spiro atoms. The SMILES string of the molecule is Cc1cc(Br)c(C(N)C2CCCC2)s1. The van der Waals surface area contributed by atoms with E-state index in [4.69, 9.17) is 5.73 Å². The van der Waals surface area contributed by atoms with Crippen LogP contribution in [0.5, 0.6) is 0 Å². The van der Waals surface area contributed by atoms with Crippen molar-refractivity contribution in [2.45, 2.75) is 38.6 Å². The van der Waals surface area contributed by atoms with E-state index in [-0.39, 0.29) is 6.04 Å². The molecule has 1 aromatic rings.